The molecule has 2 atom stereocenters. The smallest absolute Gasteiger partial charge is 0.164 e. The number of rotatable bonds is 11. The van der Waals surface area contributed by atoms with Crippen molar-refractivity contribution in [1.82, 2.24) is 10.2 Å². The van der Waals surface area contributed by atoms with E-state index in [0.29, 0.717) is 30.9 Å². The van der Waals surface area contributed by atoms with Crippen LogP contribution in [0.5, 0.6) is 5.75 Å². The quantitative estimate of drug-likeness (QED) is 0.596. The summed E-state index contributed by atoms with van der Waals surface area (Å²) in [6, 6.07) is 16.7. The maximum Gasteiger partial charge on any atom is 0.164 e. The van der Waals surface area contributed by atoms with E-state index in [-0.39, 0.29) is 11.8 Å². The van der Waals surface area contributed by atoms with E-state index >= 15 is 0 Å². The van der Waals surface area contributed by atoms with Gasteiger partial charge in [0.25, 0.3) is 0 Å². The van der Waals surface area contributed by atoms with Crippen molar-refractivity contribution in [2.75, 3.05) is 33.8 Å². The lowest BCUT2D eigenvalue weighted by atomic mass is 10.0. The number of carbonyl (C=O) groups is 1. The molecule has 2 N–H and O–H groups in total. The number of ketones is 1. The summed E-state index contributed by atoms with van der Waals surface area (Å²) in [7, 11) is 3.98. The van der Waals surface area contributed by atoms with Gasteiger partial charge in [0.05, 0.1) is 6.10 Å². The predicted molar refractivity (Wildman–Crippen MR) is 108 cm³/mol. The molecule has 0 radical (unpaired) electrons. The summed E-state index contributed by atoms with van der Waals surface area (Å²) in [5, 5.41) is 13.6. The summed E-state index contributed by atoms with van der Waals surface area (Å²) < 4.78 is 5.69. The average Bonchev–Trinajstić information content (AvgIpc) is 2.68. The van der Waals surface area contributed by atoms with Crippen LogP contribution in [0, 0.1) is 0 Å². The summed E-state index contributed by atoms with van der Waals surface area (Å²) in [5.74, 6) is 0.769. The molecule has 0 spiro atoms. The molecule has 0 heterocycles. The molecule has 0 aliphatic heterocycles. The first-order valence-electron chi connectivity index (χ1n) is 9.34. The van der Waals surface area contributed by atoms with E-state index in [1.54, 1.807) is 6.07 Å². The molecule has 2 unspecified atom stereocenters. The van der Waals surface area contributed by atoms with Crippen LogP contribution in [-0.2, 0) is 0 Å². The zero-order valence-electron chi connectivity index (χ0n) is 16.4. The predicted octanol–water partition coefficient (Wildman–Crippen LogP) is 2.91. The Hall–Kier alpha value is -2.21. The van der Waals surface area contributed by atoms with Crippen molar-refractivity contribution >= 4 is 5.78 Å². The van der Waals surface area contributed by atoms with Gasteiger partial charge in [-0.15, -0.1) is 0 Å². The SMILES string of the molecule is CC(NCCC(=O)c1cccc(OCCN(C)C)c1)C(O)c1ccccc1. The number of likely N-dealkylation sites (N-methyl/N-ethyl adjacent to an activating group) is 1. The van der Waals surface area contributed by atoms with Crippen LogP contribution in [0.1, 0.15) is 35.4 Å². The highest BCUT2D eigenvalue weighted by molar-refractivity contribution is 5.96. The van der Waals surface area contributed by atoms with Crippen molar-refractivity contribution < 1.29 is 14.6 Å². The van der Waals surface area contributed by atoms with Gasteiger partial charge >= 0.3 is 0 Å². The van der Waals surface area contributed by atoms with Crippen molar-refractivity contribution in [3.05, 3.63) is 65.7 Å². The van der Waals surface area contributed by atoms with E-state index in [1.165, 1.54) is 0 Å². The molecule has 0 amide bonds. The van der Waals surface area contributed by atoms with Gasteiger partial charge < -0.3 is 20.1 Å². The Morgan fingerprint density at radius 2 is 1.89 bits per heavy atom. The van der Waals surface area contributed by atoms with Gasteiger partial charge in [0.1, 0.15) is 12.4 Å². The molecule has 0 aliphatic carbocycles. The first-order valence-corrected chi connectivity index (χ1v) is 9.34. The molecule has 0 bridgehead atoms. The lowest BCUT2D eigenvalue weighted by Gasteiger charge is -2.20. The van der Waals surface area contributed by atoms with E-state index in [9.17, 15) is 9.90 Å². The summed E-state index contributed by atoms with van der Waals surface area (Å²) in [6.07, 6.45) is -0.234. The van der Waals surface area contributed by atoms with Gasteiger partial charge in [-0.2, -0.15) is 0 Å². The van der Waals surface area contributed by atoms with Gasteiger partial charge in [0.15, 0.2) is 5.78 Å². The Morgan fingerprint density at radius 3 is 2.59 bits per heavy atom. The number of nitrogens with zero attached hydrogens (tertiary/aromatic N) is 1. The van der Waals surface area contributed by atoms with Crippen molar-refractivity contribution in [2.24, 2.45) is 0 Å². The van der Waals surface area contributed by atoms with Crippen molar-refractivity contribution in [2.45, 2.75) is 25.5 Å². The third-order valence-electron chi connectivity index (χ3n) is 4.40. The molecule has 27 heavy (non-hydrogen) atoms. The maximum atomic E-state index is 12.4. The van der Waals surface area contributed by atoms with Gasteiger partial charge in [0.2, 0.25) is 0 Å². The highest BCUT2D eigenvalue weighted by Gasteiger charge is 2.16. The fourth-order valence-electron chi connectivity index (χ4n) is 2.71. The van der Waals surface area contributed by atoms with Gasteiger partial charge in [-0.25, -0.2) is 0 Å². The molecule has 0 aliphatic rings. The Bertz CT molecular complexity index is 704. The minimum Gasteiger partial charge on any atom is -0.492 e. The van der Waals surface area contributed by atoms with Gasteiger partial charge in [-0.1, -0.05) is 42.5 Å². The molecule has 2 rings (SSSR count). The summed E-state index contributed by atoms with van der Waals surface area (Å²) >= 11 is 0. The molecule has 2 aromatic carbocycles. The summed E-state index contributed by atoms with van der Waals surface area (Å²) in [6.45, 7) is 3.84. The first-order chi connectivity index (χ1) is 13.0. The summed E-state index contributed by atoms with van der Waals surface area (Å²) in [4.78, 5) is 14.5. The number of hydrogen-bond acceptors (Lipinski definition) is 5. The molecule has 2 aromatic rings. The van der Waals surface area contributed by atoms with Crippen molar-refractivity contribution in [1.29, 1.82) is 0 Å². The lowest BCUT2D eigenvalue weighted by Crippen LogP contribution is -2.33. The second-order valence-electron chi connectivity index (χ2n) is 6.95. The molecule has 0 saturated carbocycles. The van der Waals surface area contributed by atoms with Crippen LogP contribution in [0.15, 0.2) is 54.6 Å². The number of aliphatic hydroxyl groups is 1. The molecule has 0 aromatic heterocycles. The molecule has 0 fully saturated rings. The van der Waals surface area contributed by atoms with Crippen LogP contribution >= 0.6 is 0 Å². The second-order valence-corrected chi connectivity index (χ2v) is 6.95. The van der Waals surface area contributed by atoms with Gasteiger partial charge in [-0.3, -0.25) is 4.79 Å². The Balaban J connectivity index is 1.80. The van der Waals surface area contributed by atoms with Crippen LogP contribution in [0.2, 0.25) is 0 Å². The standard InChI is InChI=1S/C22H30N2O3/c1-17(22(26)18-8-5-4-6-9-18)23-13-12-21(25)19-10-7-11-20(16-19)27-15-14-24(2)3/h4-11,16-17,22-23,26H,12-15H2,1-3H3. The number of ether oxygens (including phenoxy) is 1. The molecule has 5 nitrogen and oxygen atoms in total. The lowest BCUT2D eigenvalue weighted by molar-refractivity contribution is 0.0971. The number of nitrogens with one attached hydrogen (secondary N) is 1. The fraction of sp³-hybridized carbons (Fsp3) is 0.409. The number of Topliss-reactive ketones (excluding diaryl/α,β-unsaturated/α-hetero) is 1. The van der Waals surface area contributed by atoms with Gasteiger partial charge in [0, 0.05) is 31.1 Å². The second kappa shape index (κ2) is 10.8. The molecular formula is C22H30N2O3. The van der Waals surface area contributed by atoms with E-state index in [4.69, 9.17) is 4.74 Å². The largest absolute Gasteiger partial charge is 0.492 e. The number of carbonyl (C=O) groups excluding carboxylic acids is 1. The van der Waals surface area contributed by atoms with Crippen molar-refractivity contribution in [3.8, 4) is 5.75 Å². The third kappa shape index (κ3) is 7.13. The Morgan fingerprint density at radius 1 is 1.15 bits per heavy atom. The molecule has 0 saturated heterocycles. The normalized spacial score (nSPS) is 13.4. The Labute approximate surface area is 162 Å². The number of aliphatic hydroxyl groups excluding tert-OH is 1. The topological polar surface area (TPSA) is 61.8 Å². The van der Waals surface area contributed by atoms with E-state index < -0.39 is 6.10 Å². The first kappa shape index (κ1) is 21.1. The van der Waals surface area contributed by atoms with Crippen LogP contribution in [0.4, 0.5) is 0 Å². The monoisotopic (exact) mass is 370 g/mol. The summed E-state index contributed by atoms with van der Waals surface area (Å²) in [5.41, 5.74) is 1.52. The number of benzene rings is 2. The Kier molecular flexibility index (Phi) is 8.45. The zero-order valence-corrected chi connectivity index (χ0v) is 16.4. The fourth-order valence-corrected chi connectivity index (χ4v) is 2.71. The highest BCUT2D eigenvalue weighted by atomic mass is 16.5. The molecular weight excluding hydrogens is 340 g/mol. The molecule has 146 valence electrons. The average molecular weight is 370 g/mol. The number of hydrogen-bond donors (Lipinski definition) is 2. The van der Waals surface area contributed by atoms with E-state index in [0.717, 1.165) is 12.1 Å². The maximum absolute atomic E-state index is 12.4. The zero-order chi connectivity index (χ0) is 19.6. The van der Waals surface area contributed by atoms with Crippen LogP contribution in [0.25, 0.3) is 0 Å². The van der Waals surface area contributed by atoms with E-state index in [1.807, 2.05) is 74.4 Å². The highest BCUT2D eigenvalue weighted by Crippen LogP contribution is 2.17. The third-order valence-corrected chi connectivity index (χ3v) is 4.40. The minimum atomic E-state index is -0.602. The van der Waals surface area contributed by atoms with Crippen LogP contribution in [0.3, 0.4) is 0 Å². The molecule has 5 heteroatoms. The van der Waals surface area contributed by atoms with E-state index in [2.05, 4.69) is 5.32 Å². The van der Waals surface area contributed by atoms with Crippen LogP contribution in [-0.4, -0.2) is 55.6 Å². The minimum absolute atomic E-state index is 0.0574. The van der Waals surface area contributed by atoms with Crippen LogP contribution < -0.4 is 10.1 Å². The van der Waals surface area contributed by atoms with Crippen molar-refractivity contribution in [3.63, 3.8) is 0 Å². The van der Waals surface area contributed by atoms with Gasteiger partial charge in [-0.05, 0) is 38.7 Å².